The number of rotatable bonds is 1. The van der Waals surface area contributed by atoms with Crippen molar-refractivity contribution in [3.63, 3.8) is 0 Å². The molecule has 17 heavy (non-hydrogen) atoms. The number of nitrogens with two attached hydrogens (primary N) is 1. The maximum atomic E-state index is 12.4. The van der Waals surface area contributed by atoms with Crippen LogP contribution < -0.4 is 5.73 Å². The van der Waals surface area contributed by atoms with Crippen molar-refractivity contribution in [3.05, 3.63) is 30.1 Å². The van der Waals surface area contributed by atoms with E-state index in [1.54, 1.807) is 24.5 Å². The average molecular weight is 233 g/mol. The van der Waals surface area contributed by atoms with Crippen molar-refractivity contribution < 1.29 is 4.79 Å². The third-order valence-electron chi connectivity index (χ3n) is 3.43. The molecule has 1 amide bonds. The molecule has 4 nitrogen and oxygen atoms in total. The molecule has 92 valence electrons. The quantitative estimate of drug-likeness (QED) is 0.798. The van der Waals surface area contributed by atoms with Crippen LogP contribution in [0.5, 0.6) is 0 Å². The summed E-state index contributed by atoms with van der Waals surface area (Å²) in [7, 11) is 0. The highest BCUT2D eigenvalue weighted by Gasteiger charge is 2.36. The van der Waals surface area contributed by atoms with Gasteiger partial charge in [-0.05, 0) is 38.8 Å². The summed E-state index contributed by atoms with van der Waals surface area (Å²) in [6.07, 6.45) is 5.20. The van der Waals surface area contributed by atoms with E-state index < -0.39 is 0 Å². The van der Waals surface area contributed by atoms with Gasteiger partial charge in [0.25, 0.3) is 5.91 Å². The van der Waals surface area contributed by atoms with Crippen molar-refractivity contribution in [1.82, 2.24) is 9.88 Å². The van der Waals surface area contributed by atoms with Gasteiger partial charge in [0, 0.05) is 30.5 Å². The Morgan fingerprint density at radius 1 is 1.59 bits per heavy atom. The number of hydrogen-bond acceptors (Lipinski definition) is 3. The van der Waals surface area contributed by atoms with E-state index in [0.29, 0.717) is 12.1 Å². The summed E-state index contributed by atoms with van der Waals surface area (Å²) in [5.74, 6) is 0.0262. The van der Waals surface area contributed by atoms with Crippen molar-refractivity contribution >= 4 is 5.91 Å². The molecule has 1 unspecified atom stereocenters. The van der Waals surface area contributed by atoms with E-state index in [1.165, 1.54) is 0 Å². The molecule has 0 aromatic carbocycles. The van der Waals surface area contributed by atoms with Crippen LogP contribution in [0, 0.1) is 0 Å². The Balaban J connectivity index is 2.23. The number of amides is 1. The van der Waals surface area contributed by atoms with Crippen LogP contribution >= 0.6 is 0 Å². The Hall–Kier alpha value is -1.42. The maximum Gasteiger partial charge on any atom is 0.255 e. The highest BCUT2D eigenvalue weighted by molar-refractivity contribution is 5.94. The lowest BCUT2D eigenvalue weighted by Crippen LogP contribution is -2.56. The van der Waals surface area contributed by atoms with Crippen LogP contribution in [-0.2, 0) is 0 Å². The lowest BCUT2D eigenvalue weighted by molar-refractivity contribution is 0.0395. The molecular weight excluding hydrogens is 214 g/mol. The number of carbonyl (C=O) groups is 1. The Bertz CT molecular complexity index is 402. The first-order valence-electron chi connectivity index (χ1n) is 5.98. The second-order valence-electron chi connectivity index (χ2n) is 5.27. The topological polar surface area (TPSA) is 59.2 Å². The normalized spacial score (nSPS) is 23.5. The van der Waals surface area contributed by atoms with Crippen LogP contribution in [0.2, 0.25) is 0 Å². The molecule has 0 radical (unpaired) electrons. The van der Waals surface area contributed by atoms with Crippen molar-refractivity contribution in [2.45, 2.75) is 38.3 Å². The van der Waals surface area contributed by atoms with Gasteiger partial charge < -0.3 is 10.6 Å². The van der Waals surface area contributed by atoms with Crippen LogP contribution in [-0.4, -0.2) is 33.9 Å². The molecule has 0 aliphatic carbocycles. The number of aromatic nitrogens is 1. The number of pyridine rings is 1. The Kier molecular flexibility index (Phi) is 3.15. The van der Waals surface area contributed by atoms with Gasteiger partial charge in [-0.15, -0.1) is 0 Å². The first-order chi connectivity index (χ1) is 8.00. The summed E-state index contributed by atoms with van der Waals surface area (Å²) in [6, 6.07) is 3.67. The van der Waals surface area contributed by atoms with Gasteiger partial charge in [0.05, 0.1) is 5.56 Å². The van der Waals surface area contributed by atoms with Crippen LogP contribution in [0.1, 0.15) is 37.0 Å². The molecule has 1 fully saturated rings. The summed E-state index contributed by atoms with van der Waals surface area (Å²) in [6.45, 7) is 4.81. The molecule has 1 aromatic heterocycles. The predicted octanol–water partition coefficient (Wildman–Crippen LogP) is 1.42. The third kappa shape index (κ3) is 2.47. The molecule has 1 aliphatic rings. The largest absolute Gasteiger partial charge is 0.332 e. The van der Waals surface area contributed by atoms with Gasteiger partial charge in [-0.25, -0.2) is 0 Å². The smallest absolute Gasteiger partial charge is 0.255 e. The second-order valence-corrected chi connectivity index (χ2v) is 5.27. The molecule has 2 N–H and O–H groups in total. The number of likely N-dealkylation sites (tertiary alicyclic amines) is 1. The molecule has 1 saturated heterocycles. The fourth-order valence-electron chi connectivity index (χ4n) is 2.25. The summed E-state index contributed by atoms with van der Waals surface area (Å²) in [5.41, 5.74) is 6.46. The van der Waals surface area contributed by atoms with E-state index in [-0.39, 0.29) is 17.5 Å². The molecule has 2 rings (SSSR count). The fourth-order valence-corrected chi connectivity index (χ4v) is 2.25. The lowest BCUT2D eigenvalue weighted by Gasteiger charge is -2.44. The minimum absolute atomic E-state index is 0.0262. The predicted molar refractivity (Wildman–Crippen MR) is 66.6 cm³/mol. The molecule has 1 aliphatic heterocycles. The zero-order valence-corrected chi connectivity index (χ0v) is 10.4. The van der Waals surface area contributed by atoms with E-state index >= 15 is 0 Å². The molecule has 2 heterocycles. The monoisotopic (exact) mass is 233 g/mol. The SMILES string of the molecule is CC1(C)CCC(N)CN1C(=O)c1cccnc1. The third-order valence-corrected chi connectivity index (χ3v) is 3.43. The van der Waals surface area contributed by atoms with Gasteiger partial charge in [0.15, 0.2) is 0 Å². The van der Waals surface area contributed by atoms with Gasteiger partial charge >= 0.3 is 0 Å². The van der Waals surface area contributed by atoms with E-state index in [9.17, 15) is 4.79 Å². The molecule has 1 aromatic rings. The standard InChI is InChI=1S/C13H19N3O/c1-13(2)6-5-11(14)9-16(13)12(17)10-4-3-7-15-8-10/h3-4,7-8,11H,5-6,9,14H2,1-2H3. The van der Waals surface area contributed by atoms with E-state index in [0.717, 1.165) is 12.8 Å². The van der Waals surface area contributed by atoms with E-state index in [2.05, 4.69) is 18.8 Å². The zero-order valence-electron chi connectivity index (χ0n) is 10.4. The lowest BCUT2D eigenvalue weighted by atomic mass is 9.88. The van der Waals surface area contributed by atoms with Crippen molar-refractivity contribution in [1.29, 1.82) is 0 Å². The second kappa shape index (κ2) is 4.45. The van der Waals surface area contributed by atoms with Crippen molar-refractivity contribution in [2.75, 3.05) is 6.54 Å². The number of nitrogens with zero attached hydrogens (tertiary/aromatic N) is 2. The number of piperidine rings is 1. The summed E-state index contributed by atoms with van der Waals surface area (Å²) >= 11 is 0. The van der Waals surface area contributed by atoms with Crippen LogP contribution in [0.4, 0.5) is 0 Å². The van der Waals surface area contributed by atoms with Crippen LogP contribution in [0.3, 0.4) is 0 Å². The molecule has 4 heteroatoms. The molecule has 0 bridgehead atoms. The van der Waals surface area contributed by atoms with Crippen LogP contribution in [0.25, 0.3) is 0 Å². The van der Waals surface area contributed by atoms with Gasteiger partial charge in [-0.2, -0.15) is 0 Å². The number of carbonyl (C=O) groups excluding carboxylic acids is 1. The minimum Gasteiger partial charge on any atom is -0.332 e. The summed E-state index contributed by atoms with van der Waals surface area (Å²) in [4.78, 5) is 18.3. The highest BCUT2D eigenvalue weighted by atomic mass is 16.2. The summed E-state index contributed by atoms with van der Waals surface area (Å²) in [5, 5.41) is 0. The van der Waals surface area contributed by atoms with E-state index in [4.69, 9.17) is 5.73 Å². The maximum absolute atomic E-state index is 12.4. The van der Waals surface area contributed by atoms with Crippen LogP contribution in [0.15, 0.2) is 24.5 Å². The summed E-state index contributed by atoms with van der Waals surface area (Å²) < 4.78 is 0. The molecule has 0 saturated carbocycles. The van der Waals surface area contributed by atoms with Gasteiger partial charge in [0.1, 0.15) is 0 Å². The minimum atomic E-state index is -0.122. The van der Waals surface area contributed by atoms with Gasteiger partial charge in [0.2, 0.25) is 0 Å². The first-order valence-corrected chi connectivity index (χ1v) is 5.98. The van der Waals surface area contributed by atoms with Gasteiger partial charge in [-0.3, -0.25) is 9.78 Å². The number of hydrogen-bond donors (Lipinski definition) is 1. The average Bonchev–Trinajstić information content (AvgIpc) is 2.33. The highest BCUT2D eigenvalue weighted by Crippen LogP contribution is 2.28. The first kappa shape index (κ1) is 12.0. The fraction of sp³-hybridized carbons (Fsp3) is 0.538. The molecular formula is C13H19N3O. The van der Waals surface area contributed by atoms with Gasteiger partial charge in [-0.1, -0.05) is 0 Å². The zero-order chi connectivity index (χ0) is 12.5. The Morgan fingerprint density at radius 2 is 2.35 bits per heavy atom. The Morgan fingerprint density at radius 3 is 3.00 bits per heavy atom. The van der Waals surface area contributed by atoms with E-state index in [1.807, 2.05) is 4.90 Å². The Labute approximate surface area is 102 Å². The molecule has 0 spiro atoms. The van der Waals surface area contributed by atoms with Crippen molar-refractivity contribution in [2.24, 2.45) is 5.73 Å². The molecule has 1 atom stereocenters. The van der Waals surface area contributed by atoms with Crippen molar-refractivity contribution in [3.8, 4) is 0 Å².